The van der Waals surface area contributed by atoms with Gasteiger partial charge in [0.25, 0.3) is 5.69 Å². The van der Waals surface area contributed by atoms with Crippen molar-refractivity contribution in [1.29, 1.82) is 0 Å². The van der Waals surface area contributed by atoms with Gasteiger partial charge in [-0.15, -0.1) is 0 Å². The van der Waals surface area contributed by atoms with Crippen LogP contribution in [0.15, 0.2) is 64.2 Å². The number of hydrogen-bond donors (Lipinski definition) is 2. The number of halogens is 1. The number of hydrogen-bond acceptors (Lipinski definition) is 4. The molecule has 4 rings (SSSR count). The van der Waals surface area contributed by atoms with Crippen molar-refractivity contribution in [2.24, 2.45) is 7.05 Å². The van der Waals surface area contributed by atoms with Gasteiger partial charge in [0.15, 0.2) is 0 Å². The number of fused-ring (bicyclic) bond motifs is 1. The predicted molar refractivity (Wildman–Crippen MR) is 138 cm³/mol. The van der Waals surface area contributed by atoms with E-state index in [0.29, 0.717) is 37.1 Å². The zero-order chi connectivity index (χ0) is 24.2. The van der Waals surface area contributed by atoms with Crippen LogP contribution in [-0.2, 0) is 23.2 Å². The Morgan fingerprint density at radius 2 is 1.76 bits per heavy atom. The van der Waals surface area contributed by atoms with E-state index < -0.39 is 0 Å². The molecule has 0 radical (unpaired) electrons. The van der Waals surface area contributed by atoms with Gasteiger partial charge in [-0.3, -0.25) is 4.79 Å². The van der Waals surface area contributed by atoms with E-state index in [1.165, 1.54) is 9.13 Å². The van der Waals surface area contributed by atoms with Gasteiger partial charge in [0.05, 0.1) is 13.7 Å². The smallest absolute Gasteiger partial charge is 0.380 e. The minimum Gasteiger partial charge on any atom is -0.380 e. The number of para-hydroxylation sites is 1. The summed E-state index contributed by atoms with van der Waals surface area (Å²) in [7, 11) is 1.67. The van der Waals surface area contributed by atoms with E-state index in [-0.39, 0.29) is 23.7 Å². The van der Waals surface area contributed by atoms with Crippen LogP contribution in [0.3, 0.4) is 0 Å². The lowest BCUT2D eigenvalue weighted by molar-refractivity contribution is -0.768. The molecule has 34 heavy (non-hydrogen) atoms. The van der Waals surface area contributed by atoms with Crippen LogP contribution >= 0.6 is 23.0 Å². The first-order valence-electron chi connectivity index (χ1n) is 11.3. The first-order chi connectivity index (χ1) is 16.4. The van der Waals surface area contributed by atoms with Crippen LogP contribution < -0.4 is 25.9 Å². The third kappa shape index (κ3) is 4.86. The molecule has 1 aromatic heterocycles. The molecule has 8 nitrogen and oxygen atoms in total. The van der Waals surface area contributed by atoms with Crippen LogP contribution in [0.4, 0.5) is 11.5 Å². The minimum absolute atomic E-state index is 0.264. The monoisotopic (exact) mass is 576 g/mol. The molecule has 0 spiro atoms. The molecule has 0 bridgehead atoms. The Hall–Kier alpha value is -2.76. The number of aromatic nitrogens is 2. The summed E-state index contributed by atoms with van der Waals surface area (Å²) in [5.41, 5.74) is 1.90. The molecule has 3 aromatic rings. The molecule has 0 saturated carbocycles. The third-order valence-corrected chi connectivity index (χ3v) is 6.38. The van der Waals surface area contributed by atoms with E-state index in [4.69, 9.17) is 7.80 Å². The lowest BCUT2D eigenvalue weighted by atomic mass is 10.0. The molecule has 1 aliphatic heterocycles. The first-order valence-corrected chi connectivity index (χ1v) is 12.2. The normalized spacial score (nSPS) is 14.9. The number of ether oxygens (including phenoxy) is 1. The zero-order valence-electron chi connectivity index (χ0n) is 19.5. The molecular formula is C25H29IN4O4+2. The molecule has 0 amide bonds. The Morgan fingerprint density at radius 1 is 1.06 bits per heavy atom. The molecule has 1 aliphatic rings. The van der Waals surface area contributed by atoms with Gasteiger partial charge in [0, 0.05) is 12.1 Å². The molecule has 2 N–H and O–H groups in total. The fraction of sp³-hybridized carbons (Fsp3) is 0.320. The highest BCUT2D eigenvalue weighted by atomic mass is 127. The van der Waals surface area contributed by atoms with Crippen LogP contribution in [0.2, 0.25) is 0 Å². The number of benzene rings is 2. The lowest BCUT2D eigenvalue weighted by Gasteiger charge is -2.16. The van der Waals surface area contributed by atoms with Crippen LogP contribution in [0.25, 0.3) is 0 Å². The Kier molecular flexibility index (Phi) is 7.64. The molecule has 9 heteroatoms. The summed E-state index contributed by atoms with van der Waals surface area (Å²) in [6.07, 6.45) is 0.563. The van der Waals surface area contributed by atoms with Gasteiger partial charge < -0.3 is 7.80 Å². The topological polar surface area (TPSA) is 80.9 Å². The third-order valence-electron chi connectivity index (χ3n) is 5.94. The Balaban J connectivity index is 1.81. The number of amidine groups is 1. The Morgan fingerprint density at radius 3 is 2.47 bits per heavy atom. The molecular weight excluding hydrogens is 547 g/mol. The average Bonchev–Trinajstić information content (AvgIpc) is 3.18. The number of nitrogens with one attached hydrogen (secondary N) is 2. The summed E-state index contributed by atoms with van der Waals surface area (Å²) in [6.45, 7) is 5.45. The van der Waals surface area contributed by atoms with Crippen molar-refractivity contribution in [3.63, 3.8) is 0 Å². The van der Waals surface area contributed by atoms with Crippen molar-refractivity contribution in [2.45, 2.75) is 39.3 Å². The van der Waals surface area contributed by atoms with E-state index in [9.17, 15) is 9.59 Å². The number of nitrogens with zero attached hydrogens (tertiary/aromatic N) is 2. The molecule has 0 saturated heterocycles. The summed E-state index contributed by atoms with van der Waals surface area (Å²) in [4.78, 5) is 30.6. The maximum absolute atomic E-state index is 13.6. The predicted octanol–water partition coefficient (Wildman–Crippen LogP) is 1.30. The van der Waals surface area contributed by atoms with Crippen LogP contribution in [0.1, 0.15) is 37.3 Å². The van der Waals surface area contributed by atoms with Gasteiger partial charge in [0.2, 0.25) is 0 Å². The van der Waals surface area contributed by atoms with Crippen molar-refractivity contribution in [2.75, 3.05) is 6.61 Å². The summed E-state index contributed by atoms with van der Waals surface area (Å²) in [6, 6.07) is 18.3. The van der Waals surface area contributed by atoms with Gasteiger partial charge in [-0.2, -0.15) is 14.5 Å². The highest BCUT2D eigenvalue weighted by molar-refractivity contribution is 14.1. The van der Waals surface area contributed by atoms with E-state index in [1.807, 2.05) is 77.6 Å². The average molecular weight is 576 g/mol. The molecule has 2 heterocycles. The zero-order valence-corrected chi connectivity index (χ0v) is 21.7. The maximum Gasteiger partial charge on any atom is 0.476 e. The molecule has 178 valence electrons. The minimum atomic E-state index is -0.368. The highest BCUT2D eigenvalue weighted by Crippen LogP contribution is 2.25. The summed E-state index contributed by atoms with van der Waals surface area (Å²) < 4.78 is 14.3. The van der Waals surface area contributed by atoms with Crippen molar-refractivity contribution >= 4 is 40.5 Å². The van der Waals surface area contributed by atoms with Crippen molar-refractivity contribution in [3.8, 4) is 5.75 Å². The summed E-state index contributed by atoms with van der Waals surface area (Å²) >= 11 is 1.81. The number of rotatable bonds is 8. The first kappa shape index (κ1) is 24.4. The van der Waals surface area contributed by atoms with E-state index in [1.54, 1.807) is 7.05 Å². The Bertz CT molecular complexity index is 1310. The second-order valence-corrected chi connectivity index (χ2v) is 9.20. The fourth-order valence-corrected chi connectivity index (χ4v) is 4.48. The lowest BCUT2D eigenvalue weighted by Crippen LogP contribution is -3.13. The quantitative estimate of drug-likeness (QED) is 0.313. The Labute approximate surface area is 212 Å². The molecule has 0 fully saturated rings. The van der Waals surface area contributed by atoms with Gasteiger partial charge >= 0.3 is 23.1 Å². The van der Waals surface area contributed by atoms with Crippen LogP contribution in [-0.4, -0.2) is 21.8 Å². The van der Waals surface area contributed by atoms with Gasteiger partial charge in [-0.1, -0.05) is 62.4 Å². The maximum atomic E-state index is 13.6. The second-order valence-electron chi connectivity index (χ2n) is 8.58. The molecule has 2 aromatic carbocycles. The van der Waals surface area contributed by atoms with Crippen molar-refractivity contribution in [1.82, 2.24) is 9.13 Å². The fourth-order valence-electron chi connectivity index (χ4n) is 4.17. The summed E-state index contributed by atoms with van der Waals surface area (Å²) in [5.74, 6) is 1.45. The van der Waals surface area contributed by atoms with E-state index >= 15 is 0 Å². The van der Waals surface area contributed by atoms with Gasteiger partial charge in [-0.25, -0.2) is 9.36 Å². The standard InChI is InChI=1S/C25H27IN4O4/c1-17(2)19-12-7-8-13-20(19)34-24-27-22-21(30(24)16-18-10-5-4-6-11-18)23(31)29(14-9-15-33-26)25(32)28(22)3/h4-8,10-13,17H,9,14-16H2,1-3H3/p+2. The van der Waals surface area contributed by atoms with E-state index in [0.717, 1.165) is 21.8 Å². The van der Waals surface area contributed by atoms with Crippen molar-refractivity contribution in [3.05, 3.63) is 86.6 Å². The van der Waals surface area contributed by atoms with Crippen molar-refractivity contribution < 1.29 is 17.7 Å². The largest absolute Gasteiger partial charge is 0.476 e. The molecule has 1 unspecified atom stereocenters. The highest BCUT2D eigenvalue weighted by Gasteiger charge is 2.44. The number of quaternary nitrogens is 1. The molecule has 1 atom stereocenters. The van der Waals surface area contributed by atoms with Crippen LogP contribution in [0, 0.1) is 0 Å². The van der Waals surface area contributed by atoms with Gasteiger partial charge in [0.1, 0.15) is 35.3 Å². The van der Waals surface area contributed by atoms with E-state index in [2.05, 4.69) is 18.8 Å². The van der Waals surface area contributed by atoms with Gasteiger partial charge in [-0.05, 0) is 24.0 Å². The van der Waals surface area contributed by atoms with Crippen LogP contribution in [0.5, 0.6) is 5.75 Å². The summed E-state index contributed by atoms with van der Waals surface area (Å²) in [5, 5.41) is 0. The second kappa shape index (κ2) is 10.7. The molecule has 0 aliphatic carbocycles. The SMILES string of the molecule is CC(C)c1ccccc1OC1=[NH+]c2c(c(=O)n(CCCOI)c(=O)n2C)[NH+]1Cc1ccccc1.